The molecule has 0 radical (unpaired) electrons. The lowest BCUT2D eigenvalue weighted by Crippen LogP contribution is -2.19. The van der Waals surface area contributed by atoms with Gasteiger partial charge in [-0.1, -0.05) is 139 Å². The fourth-order valence-corrected chi connectivity index (χ4v) is 6.96. The van der Waals surface area contributed by atoms with Crippen molar-refractivity contribution in [1.82, 2.24) is 19.1 Å². The van der Waals surface area contributed by atoms with Crippen molar-refractivity contribution in [3.8, 4) is 56.2 Å². The molecule has 0 unspecified atom stereocenters. The third kappa shape index (κ3) is 4.82. The average Bonchev–Trinajstić information content (AvgIpc) is 3.44. The van der Waals surface area contributed by atoms with Gasteiger partial charge in [-0.3, -0.25) is 9.13 Å². The normalized spacial score (nSPS) is 13.2. The molecule has 0 fully saturated rings. The van der Waals surface area contributed by atoms with E-state index in [1.54, 1.807) is 23.2 Å². The van der Waals surface area contributed by atoms with Gasteiger partial charge >= 0.3 is 5.69 Å². The maximum Gasteiger partial charge on any atom is 0.328 e. The van der Waals surface area contributed by atoms with Gasteiger partial charge in [-0.25, -0.2) is 14.8 Å². The highest BCUT2D eigenvalue weighted by molar-refractivity contribution is 6.21. The lowest BCUT2D eigenvalue weighted by molar-refractivity contribution is 0.795. The summed E-state index contributed by atoms with van der Waals surface area (Å²) >= 11 is 0. The van der Waals surface area contributed by atoms with E-state index in [1.165, 1.54) is 0 Å². The summed E-state index contributed by atoms with van der Waals surface area (Å²) in [7, 11) is 3.58. The average molecular weight is 651 g/mol. The Morgan fingerprint density at radius 3 is 1.58 bits per heavy atom. The number of hydrogen-bond acceptors (Lipinski definition) is 3. The molecule has 2 aromatic heterocycles. The zero-order valence-corrected chi connectivity index (χ0v) is 27.2. The minimum atomic E-state index is -0.503. The molecule has 238 valence electrons. The highest BCUT2D eigenvalue weighted by Gasteiger charge is 2.18. The van der Waals surface area contributed by atoms with Crippen LogP contribution < -0.4 is 5.69 Å². The maximum atomic E-state index is 12.8. The predicted octanol–water partition coefficient (Wildman–Crippen LogP) is 10.3. The summed E-state index contributed by atoms with van der Waals surface area (Å²) in [5.74, 6) is -0.0581. The van der Waals surface area contributed by atoms with Crippen LogP contribution in [0.2, 0.25) is 0 Å². The third-order valence-electron chi connectivity index (χ3n) is 9.38. The van der Waals surface area contributed by atoms with Crippen LogP contribution in [-0.2, 0) is 14.1 Å². The number of aryl methyl sites for hydroxylation is 2. The first-order valence-electron chi connectivity index (χ1n) is 19.3. The first kappa shape index (κ1) is 23.7. The van der Waals surface area contributed by atoms with Crippen molar-refractivity contribution in [1.29, 1.82) is 0 Å². The molecule has 0 amide bonds. The molecule has 0 atom stereocenters. The molecule has 5 nitrogen and oxygen atoms in total. The maximum absolute atomic E-state index is 12.8. The molecule has 0 aliphatic carbocycles. The fourth-order valence-electron chi connectivity index (χ4n) is 6.96. The van der Waals surface area contributed by atoms with E-state index in [9.17, 15) is 6.17 Å². The molecular weight excluding hydrogens is 613 g/mol. The van der Waals surface area contributed by atoms with Crippen LogP contribution in [-0.4, -0.2) is 19.1 Å². The Morgan fingerprint density at radius 1 is 0.500 bits per heavy atom. The second kappa shape index (κ2) is 11.8. The van der Waals surface area contributed by atoms with Gasteiger partial charge in [-0.2, -0.15) is 0 Å². The molecule has 0 aliphatic rings. The van der Waals surface area contributed by atoms with E-state index in [0.717, 1.165) is 54.8 Å². The topological polar surface area (TPSA) is 52.7 Å². The number of benzene rings is 7. The first-order chi connectivity index (χ1) is 27.0. The Hall–Kier alpha value is -6.59. The molecule has 0 N–H and O–H groups in total. The predicted molar refractivity (Wildman–Crippen MR) is 206 cm³/mol. The van der Waals surface area contributed by atoms with Crippen molar-refractivity contribution < 1.29 is 8.22 Å². The highest BCUT2D eigenvalue weighted by atomic mass is 16.1. The van der Waals surface area contributed by atoms with Gasteiger partial charge in [0.2, 0.25) is 0 Å². The summed E-state index contributed by atoms with van der Waals surface area (Å²) in [5.41, 5.74) is 7.37. The number of aromatic nitrogens is 4. The lowest BCUT2D eigenvalue weighted by Gasteiger charge is -2.18. The van der Waals surface area contributed by atoms with Crippen LogP contribution in [0.5, 0.6) is 0 Å². The number of nitrogens with zero attached hydrogens (tertiary/aromatic N) is 4. The molecule has 50 heavy (non-hydrogen) atoms. The third-order valence-corrected chi connectivity index (χ3v) is 9.38. The first-order valence-corrected chi connectivity index (χ1v) is 16.3. The molecule has 0 spiro atoms. The minimum Gasteiger partial charge on any atom is -0.295 e. The monoisotopic (exact) mass is 650 g/mol. The van der Waals surface area contributed by atoms with E-state index in [0.29, 0.717) is 11.1 Å². The van der Waals surface area contributed by atoms with Crippen LogP contribution >= 0.6 is 0 Å². The summed E-state index contributed by atoms with van der Waals surface area (Å²) < 4.78 is 54.6. The van der Waals surface area contributed by atoms with Crippen molar-refractivity contribution in [2.24, 2.45) is 14.1 Å². The van der Waals surface area contributed by atoms with E-state index in [2.05, 4.69) is 41.4 Å². The second-order valence-electron chi connectivity index (χ2n) is 12.3. The number of fused-ring (bicyclic) bond motifs is 3. The van der Waals surface area contributed by atoms with Gasteiger partial charge in [0.1, 0.15) is 0 Å². The molecule has 2 heterocycles. The van der Waals surface area contributed by atoms with Crippen molar-refractivity contribution in [3.05, 3.63) is 168 Å². The Bertz CT molecular complexity index is 3050. The Labute approximate surface area is 297 Å². The fraction of sp³-hybridized carbons (Fsp3) is 0.0444. The number of hydrogen-bond donors (Lipinski definition) is 0. The molecule has 9 aromatic rings. The standard InChI is InChI=1S/C45H32N4O/c1-48-40-26-25-33(27-41(40)49(2)45(48)50)43-36-19-11-9-17-34(36)42(35-18-10-12-20-37(35)43)31-23-21-30(22-24-31)39-28-38(29-13-5-3-6-14-29)46-44(47-39)32-15-7-4-8-16-32/h3-28H,1-2H3/i4D,7D,8D,15D,16D,28D. The number of imidazole rings is 1. The summed E-state index contributed by atoms with van der Waals surface area (Å²) in [6.07, 6.45) is 0. The lowest BCUT2D eigenvalue weighted by atomic mass is 9.85. The molecule has 5 heteroatoms. The number of rotatable bonds is 5. The smallest absolute Gasteiger partial charge is 0.295 e. The van der Waals surface area contributed by atoms with Crippen LogP contribution in [0.4, 0.5) is 0 Å². The summed E-state index contributed by atoms with van der Waals surface area (Å²) in [6, 6.07) is 37.5. The van der Waals surface area contributed by atoms with Gasteiger partial charge in [0.05, 0.1) is 30.6 Å². The molecule has 0 saturated carbocycles. The largest absolute Gasteiger partial charge is 0.328 e. The van der Waals surface area contributed by atoms with Crippen molar-refractivity contribution in [2.45, 2.75) is 0 Å². The van der Waals surface area contributed by atoms with Gasteiger partial charge in [0.25, 0.3) is 0 Å². The van der Waals surface area contributed by atoms with Crippen LogP contribution in [0.1, 0.15) is 8.22 Å². The summed E-state index contributed by atoms with van der Waals surface area (Å²) in [4.78, 5) is 22.2. The van der Waals surface area contributed by atoms with Gasteiger partial charge < -0.3 is 0 Å². The Morgan fingerprint density at radius 2 is 0.980 bits per heavy atom. The van der Waals surface area contributed by atoms with Crippen molar-refractivity contribution >= 4 is 32.6 Å². The molecule has 7 aromatic carbocycles. The van der Waals surface area contributed by atoms with Crippen LogP contribution in [0.15, 0.2) is 162 Å². The van der Waals surface area contributed by atoms with Crippen LogP contribution in [0.25, 0.3) is 88.7 Å². The summed E-state index contributed by atoms with van der Waals surface area (Å²) in [5, 5.41) is 4.22. The molecule has 0 saturated heterocycles. The summed E-state index contributed by atoms with van der Waals surface area (Å²) in [6.45, 7) is 0. The van der Waals surface area contributed by atoms with Gasteiger partial charge in [-0.15, -0.1) is 0 Å². The van der Waals surface area contributed by atoms with Gasteiger partial charge in [0.15, 0.2) is 5.82 Å². The van der Waals surface area contributed by atoms with Crippen molar-refractivity contribution in [3.63, 3.8) is 0 Å². The SMILES string of the molecule is [2H]c1c(-c2ccccc2)nc(-c2c([2H])c([2H])c([2H])c([2H])c2[2H])nc1-c1ccc(-c2c3ccccc3c(-c3ccc4c(c3)n(C)c(=O)n4C)c3ccccc23)cc1. The zero-order valence-electron chi connectivity index (χ0n) is 33.2. The molecule has 9 rings (SSSR count). The van der Waals surface area contributed by atoms with E-state index in [4.69, 9.17) is 11.8 Å². The van der Waals surface area contributed by atoms with E-state index in [1.807, 2.05) is 84.9 Å². The van der Waals surface area contributed by atoms with Gasteiger partial charge in [0, 0.05) is 30.8 Å². The van der Waals surface area contributed by atoms with E-state index < -0.39 is 30.2 Å². The van der Waals surface area contributed by atoms with Crippen LogP contribution in [0.3, 0.4) is 0 Å². The molecule has 0 bridgehead atoms. The Kier molecular flexibility index (Phi) is 5.60. The minimum absolute atomic E-state index is 0.0493. The highest BCUT2D eigenvalue weighted by Crippen LogP contribution is 2.44. The van der Waals surface area contributed by atoms with E-state index >= 15 is 0 Å². The van der Waals surface area contributed by atoms with Crippen molar-refractivity contribution in [2.75, 3.05) is 0 Å². The zero-order chi connectivity index (χ0) is 39.0. The second-order valence-corrected chi connectivity index (χ2v) is 12.3. The van der Waals surface area contributed by atoms with Crippen LogP contribution in [0, 0.1) is 0 Å². The van der Waals surface area contributed by atoms with E-state index in [-0.39, 0.29) is 34.5 Å². The molecular formula is C45H32N4O. The Balaban J connectivity index is 1.24. The van der Waals surface area contributed by atoms with Gasteiger partial charge in [-0.05, 0) is 62.0 Å². The quantitative estimate of drug-likeness (QED) is 0.174. The molecule has 0 aliphatic heterocycles.